The van der Waals surface area contributed by atoms with Gasteiger partial charge in [0.05, 0.1) is 17.9 Å². The number of hydrogen-bond donors (Lipinski definition) is 1. The quantitative estimate of drug-likeness (QED) is 0.686. The Morgan fingerprint density at radius 2 is 2.05 bits per heavy atom. The second kappa shape index (κ2) is 6.39. The summed E-state index contributed by atoms with van der Waals surface area (Å²) in [6.45, 7) is 8.49. The van der Waals surface area contributed by atoms with Crippen LogP contribution in [-0.4, -0.2) is 36.2 Å². The molecule has 1 aliphatic heterocycles. The number of benzene rings is 1. The Balaban J connectivity index is 2.32. The van der Waals surface area contributed by atoms with E-state index in [1.807, 2.05) is 30.8 Å². The molecule has 110 valence electrons. The minimum Gasteiger partial charge on any atom is -0.462 e. The second-order valence-electron chi connectivity index (χ2n) is 5.16. The first-order valence-corrected chi connectivity index (χ1v) is 7.92. The fraction of sp³-hybridized carbons (Fsp3) is 0.533. The number of esters is 1. The highest BCUT2D eigenvalue weighted by Gasteiger charge is 2.26. The van der Waals surface area contributed by atoms with Gasteiger partial charge in [0.25, 0.3) is 0 Å². The van der Waals surface area contributed by atoms with Crippen LogP contribution in [0.4, 0.5) is 11.4 Å². The van der Waals surface area contributed by atoms with Crippen molar-refractivity contribution in [3.8, 4) is 0 Å². The number of nitrogen functional groups attached to an aromatic ring is 1. The molecule has 1 aromatic carbocycles. The van der Waals surface area contributed by atoms with Crippen molar-refractivity contribution in [2.45, 2.75) is 31.3 Å². The van der Waals surface area contributed by atoms with Crippen molar-refractivity contribution in [3.05, 3.63) is 23.8 Å². The first-order chi connectivity index (χ1) is 9.51. The van der Waals surface area contributed by atoms with Crippen LogP contribution in [0, 0.1) is 0 Å². The van der Waals surface area contributed by atoms with Gasteiger partial charge in [0, 0.05) is 29.3 Å². The molecule has 1 fully saturated rings. The zero-order valence-corrected chi connectivity index (χ0v) is 13.1. The summed E-state index contributed by atoms with van der Waals surface area (Å²) < 4.78 is 5.14. The molecule has 4 nitrogen and oxygen atoms in total. The average Bonchev–Trinajstić information content (AvgIpc) is 2.37. The monoisotopic (exact) mass is 294 g/mol. The van der Waals surface area contributed by atoms with Gasteiger partial charge in [-0.1, -0.05) is 13.8 Å². The van der Waals surface area contributed by atoms with Crippen molar-refractivity contribution in [2.75, 3.05) is 30.3 Å². The highest BCUT2D eigenvalue weighted by molar-refractivity contribution is 8.00. The number of thioether (sulfide) groups is 1. The van der Waals surface area contributed by atoms with Crippen LogP contribution in [0.3, 0.4) is 0 Å². The van der Waals surface area contributed by atoms with Gasteiger partial charge in [0.15, 0.2) is 0 Å². The molecule has 2 unspecified atom stereocenters. The summed E-state index contributed by atoms with van der Waals surface area (Å²) in [4.78, 5) is 14.4. The number of nitrogens with two attached hydrogens (primary N) is 1. The molecule has 0 aromatic heterocycles. The smallest absolute Gasteiger partial charge is 0.340 e. The van der Waals surface area contributed by atoms with E-state index in [1.165, 1.54) is 0 Å². The third kappa shape index (κ3) is 3.39. The van der Waals surface area contributed by atoms with Gasteiger partial charge in [-0.25, -0.2) is 4.79 Å². The van der Waals surface area contributed by atoms with Gasteiger partial charge in [-0.05, 0) is 25.1 Å². The van der Waals surface area contributed by atoms with E-state index in [-0.39, 0.29) is 5.97 Å². The van der Waals surface area contributed by atoms with Crippen LogP contribution in [0.1, 0.15) is 31.1 Å². The molecule has 1 saturated heterocycles. The Morgan fingerprint density at radius 1 is 1.40 bits per heavy atom. The highest BCUT2D eigenvalue weighted by atomic mass is 32.2. The van der Waals surface area contributed by atoms with E-state index in [4.69, 9.17) is 10.5 Å². The van der Waals surface area contributed by atoms with Crippen LogP contribution in [0.2, 0.25) is 0 Å². The zero-order chi connectivity index (χ0) is 14.7. The predicted molar refractivity (Wildman–Crippen MR) is 85.5 cm³/mol. The zero-order valence-electron chi connectivity index (χ0n) is 12.3. The van der Waals surface area contributed by atoms with Crippen LogP contribution >= 0.6 is 11.8 Å². The second-order valence-corrected chi connectivity index (χ2v) is 7.04. The van der Waals surface area contributed by atoms with Crippen LogP contribution in [0.5, 0.6) is 0 Å². The van der Waals surface area contributed by atoms with E-state index in [0.717, 1.165) is 18.8 Å². The molecule has 0 spiro atoms. The van der Waals surface area contributed by atoms with Gasteiger partial charge in [0.2, 0.25) is 0 Å². The number of carbonyl (C=O) groups excluding carboxylic acids is 1. The Labute approximate surface area is 124 Å². The topological polar surface area (TPSA) is 55.6 Å². The first-order valence-electron chi connectivity index (χ1n) is 6.98. The molecule has 0 amide bonds. The van der Waals surface area contributed by atoms with Gasteiger partial charge < -0.3 is 15.4 Å². The van der Waals surface area contributed by atoms with Crippen LogP contribution in [0.15, 0.2) is 18.2 Å². The highest BCUT2D eigenvalue weighted by Crippen LogP contribution is 2.31. The molecule has 2 N–H and O–H groups in total. The molecular formula is C15H22N2O2S. The van der Waals surface area contributed by atoms with Crippen LogP contribution < -0.4 is 10.6 Å². The molecule has 0 aliphatic carbocycles. The largest absolute Gasteiger partial charge is 0.462 e. The van der Waals surface area contributed by atoms with Gasteiger partial charge in [-0.2, -0.15) is 11.8 Å². The lowest BCUT2D eigenvalue weighted by atomic mass is 10.1. The number of nitrogens with zero attached hydrogens (tertiary/aromatic N) is 1. The summed E-state index contributed by atoms with van der Waals surface area (Å²) in [5, 5.41) is 1.10. The summed E-state index contributed by atoms with van der Waals surface area (Å²) in [5.41, 5.74) is 7.90. The number of carbonyl (C=O) groups is 1. The summed E-state index contributed by atoms with van der Waals surface area (Å²) in [6.07, 6.45) is 0. The lowest BCUT2D eigenvalue weighted by molar-refractivity contribution is 0.0527. The average molecular weight is 294 g/mol. The SMILES string of the molecule is CCOC(=O)c1cc(N)ccc1N1CC(C)SC(C)C1. The van der Waals surface area contributed by atoms with Crippen molar-refractivity contribution >= 4 is 29.1 Å². The van der Waals surface area contributed by atoms with Crippen LogP contribution in [-0.2, 0) is 4.74 Å². The van der Waals surface area contributed by atoms with Crippen molar-refractivity contribution in [2.24, 2.45) is 0 Å². The molecule has 0 radical (unpaired) electrons. The molecule has 0 bridgehead atoms. The van der Waals surface area contributed by atoms with Gasteiger partial charge >= 0.3 is 5.97 Å². The Kier molecular flexibility index (Phi) is 4.81. The maximum atomic E-state index is 12.1. The van der Waals surface area contributed by atoms with E-state index in [1.54, 1.807) is 6.07 Å². The Morgan fingerprint density at radius 3 is 2.65 bits per heavy atom. The van der Waals surface area contributed by atoms with E-state index in [2.05, 4.69) is 18.7 Å². The summed E-state index contributed by atoms with van der Waals surface area (Å²) >= 11 is 1.98. The molecule has 2 rings (SSSR count). The van der Waals surface area contributed by atoms with Crippen LogP contribution in [0.25, 0.3) is 0 Å². The summed E-state index contributed by atoms with van der Waals surface area (Å²) in [6, 6.07) is 5.48. The maximum Gasteiger partial charge on any atom is 0.340 e. The van der Waals surface area contributed by atoms with Crippen molar-refractivity contribution in [3.63, 3.8) is 0 Å². The Hall–Kier alpha value is -1.36. The third-order valence-corrected chi connectivity index (χ3v) is 4.50. The van der Waals surface area contributed by atoms with Crippen molar-refractivity contribution < 1.29 is 9.53 Å². The lowest BCUT2D eigenvalue weighted by Gasteiger charge is -2.37. The minimum absolute atomic E-state index is 0.298. The summed E-state index contributed by atoms with van der Waals surface area (Å²) in [5.74, 6) is -0.298. The standard InChI is InChI=1S/C15H22N2O2S/c1-4-19-15(18)13-7-12(16)5-6-14(13)17-8-10(2)20-11(3)9-17/h5-7,10-11H,4,8-9,16H2,1-3H3. The van der Waals surface area contributed by atoms with Crippen molar-refractivity contribution in [1.29, 1.82) is 0 Å². The number of ether oxygens (including phenoxy) is 1. The fourth-order valence-corrected chi connectivity index (χ4v) is 3.90. The minimum atomic E-state index is -0.298. The molecule has 0 saturated carbocycles. The molecule has 1 aliphatic rings. The maximum absolute atomic E-state index is 12.1. The van der Waals surface area contributed by atoms with E-state index in [9.17, 15) is 4.79 Å². The van der Waals surface area contributed by atoms with Crippen molar-refractivity contribution in [1.82, 2.24) is 0 Å². The first kappa shape index (κ1) is 15.0. The lowest BCUT2D eigenvalue weighted by Crippen LogP contribution is -2.41. The fourth-order valence-electron chi connectivity index (χ4n) is 2.58. The predicted octanol–water partition coefficient (Wildman–Crippen LogP) is 2.78. The molecular weight excluding hydrogens is 272 g/mol. The number of anilines is 2. The molecule has 5 heteroatoms. The number of hydrogen-bond acceptors (Lipinski definition) is 5. The van der Waals surface area contributed by atoms with E-state index in [0.29, 0.717) is 28.4 Å². The molecule has 1 heterocycles. The van der Waals surface area contributed by atoms with Gasteiger partial charge in [-0.15, -0.1) is 0 Å². The third-order valence-electron chi connectivity index (χ3n) is 3.28. The Bertz CT molecular complexity index is 483. The number of rotatable bonds is 3. The molecule has 20 heavy (non-hydrogen) atoms. The summed E-state index contributed by atoms with van der Waals surface area (Å²) in [7, 11) is 0. The molecule has 2 atom stereocenters. The van der Waals surface area contributed by atoms with Gasteiger partial charge in [-0.3, -0.25) is 0 Å². The van der Waals surface area contributed by atoms with E-state index >= 15 is 0 Å². The van der Waals surface area contributed by atoms with E-state index < -0.39 is 0 Å². The van der Waals surface area contributed by atoms with Gasteiger partial charge in [0.1, 0.15) is 0 Å². The molecule has 1 aromatic rings. The normalized spacial score (nSPS) is 22.6.